The molecule has 0 fully saturated rings. The molecule has 8 heteroatoms. The second-order valence-corrected chi connectivity index (χ2v) is 5.85. The first-order valence-corrected chi connectivity index (χ1v) is 8.22. The van der Waals surface area contributed by atoms with Gasteiger partial charge in [0.2, 0.25) is 0 Å². The van der Waals surface area contributed by atoms with Crippen molar-refractivity contribution in [1.29, 1.82) is 0 Å². The fourth-order valence-corrected chi connectivity index (χ4v) is 2.69. The number of rotatable bonds is 4. The Bertz CT molecular complexity index is 1230. The van der Waals surface area contributed by atoms with Gasteiger partial charge in [-0.2, -0.15) is 5.10 Å². The lowest BCUT2D eigenvalue weighted by atomic mass is 10.1. The monoisotopic (exact) mass is 360 g/mol. The Morgan fingerprint density at radius 1 is 1.04 bits per heavy atom. The second kappa shape index (κ2) is 6.85. The highest BCUT2D eigenvalue weighted by Crippen LogP contribution is 2.20. The fraction of sp³-hybridized carbons (Fsp3) is 0.0526. The van der Waals surface area contributed by atoms with Crippen LogP contribution in [0.4, 0.5) is 11.6 Å². The minimum Gasteiger partial charge on any atom is -0.422 e. The predicted molar refractivity (Wildman–Crippen MR) is 106 cm³/mol. The van der Waals surface area contributed by atoms with Crippen molar-refractivity contribution < 1.29 is 4.42 Å². The van der Waals surface area contributed by atoms with Crippen LogP contribution < -0.4 is 22.3 Å². The number of nitrogen functional groups attached to an aromatic ring is 1. The maximum absolute atomic E-state index is 12.2. The molecule has 8 nitrogen and oxygen atoms in total. The van der Waals surface area contributed by atoms with E-state index in [0.717, 1.165) is 5.39 Å². The van der Waals surface area contributed by atoms with E-state index in [1.807, 2.05) is 42.5 Å². The minimum atomic E-state index is -0.460. The lowest BCUT2D eigenvalue weighted by Crippen LogP contribution is -2.15. The van der Waals surface area contributed by atoms with Gasteiger partial charge in [-0.1, -0.05) is 30.3 Å². The van der Waals surface area contributed by atoms with E-state index in [4.69, 9.17) is 10.3 Å². The van der Waals surface area contributed by atoms with Crippen molar-refractivity contribution in [2.24, 2.45) is 10.9 Å². The number of nitrogens with one attached hydrogen (secondary N) is 2. The van der Waals surface area contributed by atoms with E-state index in [9.17, 15) is 4.79 Å². The fourth-order valence-electron chi connectivity index (χ4n) is 2.69. The summed E-state index contributed by atoms with van der Waals surface area (Å²) in [6.45, 7) is 1.71. The van der Waals surface area contributed by atoms with Crippen LogP contribution in [0.15, 0.2) is 68.9 Å². The molecule has 4 aromatic rings. The number of nitrogens with zero attached hydrogens (tertiary/aromatic N) is 3. The lowest BCUT2D eigenvalue weighted by molar-refractivity contribution is 0.559. The van der Waals surface area contributed by atoms with Gasteiger partial charge < -0.3 is 9.84 Å². The van der Waals surface area contributed by atoms with Crippen molar-refractivity contribution in [3.63, 3.8) is 0 Å². The molecule has 0 unspecified atom stereocenters. The SMILES string of the molecule is C/C(=N/Nc1nc2ccccc2nc1NN)c1cc2ccccc2oc1=O. The highest BCUT2D eigenvalue weighted by atomic mass is 16.4. The van der Waals surface area contributed by atoms with Crippen molar-refractivity contribution in [2.45, 2.75) is 6.92 Å². The Morgan fingerprint density at radius 2 is 1.70 bits per heavy atom. The zero-order valence-corrected chi connectivity index (χ0v) is 14.4. The third kappa shape index (κ3) is 3.21. The van der Waals surface area contributed by atoms with E-state index in [0.29, 0.717) is 39.5 Å². The van der Waals surface area contributed by atoms with Gasteiger partial charge in [-0.15, -0.1) is 0 Å². The van der Waals surface area contributed by atoms with Crippen LogP contribution in [-0.2, 0) is 0 Å². The average molecular weight is 360 g/mol. The Labute approximate surface area is 153 Å². The summed E-state index contributed by atoms with van der Waals surface area (Å²) in [7, 11) is 0. The summed E-state index contributed by atoms with van der Waals surface area (Å²) >= 11 is 0. The van der Waals surface area contributed by atoms with Gasteiger partial charge in [0, 0.05) is 5.39 Å². The van der Waals surface area contributed by atoms with E-state index in [2.05, 4.69) is 25.9 Å². The first kappa shape index (κ1) is 16.7. The van der Waals surface area contributed by atoms with Gasteiger partial charge in [0.1, 0.15) is 5.58 Å². The third-order valence-corrected chi connectivity index (χ3v) is 4.07. The van der Waals surface area contributed by atoms with Gasteiger partial charge in [0.25, 0.3) is 0 Å². The number of nitrogens with two attached hydrogens (primary N) is 1. The molecule has 2 aromatic heterocycles. The molecule has 0 amide bonds. The summed E-state index contributed by atoms with van der Waals surface area (Å²) in [5.41, 5.74) is 7.59. The van der Waals surface area contributed by atoms with Crippen LogP contribution in [0.2, 0.25) is 0 Å². The van der Waals surface area contributed by atoms with Crippen molar-refractivity contribution in [1.82, 2.24) is 9.97 Å². The molecule has 27 heavy (non-hydrogen) atoms. The highest BCUT2D eigenvalue weighted by Gasteiger charge is 2.10. The lowest BCUT2D eigenvalue weighted by Gasteiger charge is -2.09. The summed E-state index contributed by atoms with van der Waals surface area (Å²) in [4.78, 5) is 21.1. The maximum atomic E-state index is 12.2. The molecular weight excluding hydrogens is 344 g/mol. The molecule has 0 aliphatic carbocycles. The molecule has 0 spiro atoms. The number of hydrogen-bond donors (Lipinski definition) is 3. The standard InChI is InChI=1S/C19H16N6O2/c1-11(13-10-12-6-2-5-9-16(12)27-19(13)26)24-25-18-17(23-20)21-14-7-3-4-8-15(14)22-18/h2-10H,20H2,1H3,(H,21,23)(H,22,25)/b24-11-. The molecule has 0 atom stereocenters. The number of aromatic nitrogens is 2. The summed E-state index contributed by atoms with van der Waals surface area (Å²) in [5, 5.41) is 5.07. The minimum absolute atomic E-state index is 0.343. The number of para-hydroxylation sites is 3. The number of hydrogen-bond acceptors (Lipinski definition) is 8. The topological polar surface area (TPSA) is 118 Å². The number of hydrazine groups is 1. The van der Waals surface area contributed by atoms with Crippen molar-refractivity contribution >= 4 is 39.4 Å². The molecule has 0 aliphatic heterocycles. The smallest absolute Gasteiger partial charge is 0.345 e. The maximum Gasteiger partial charge on any atom is 0.345 e. The molecule has 134 valence electrons. The predicted octanol–water partition coefficient (Wildman–Crippen LogP) is 2.86. The van der Waals surface area contributed by atoms with Crippen molar-refractivity contribution in [3.8, 4) is 0 Å². The number of anilines is 2. The Morgan fingerprint density at radius 3 is 2.44 bits per heavy atom. The van der Waals surface area contributed by atoms with Crippen molar-refractivity contribution in [2.75, 3.05) is 10.9 Å². The molecule has 2 heterocycles. The van der Waals surface area contributed by atoms with Crippen LogP contribution in [0.5, 0.6) is 0 Å². The van der Waals surface area contributed by atoms with Crippen molar-refractivity contribution in [3.05, 3.63) is 70.6 Å². The van der Waals surface area contributed by atoms with Gasteiger partial charge in [0.05, 0.1) is 22.3 Å². The molecule has 0 saturated carbocycles. The molecule has 4 rings (SSSR count). The van der Waals surface area contributed by atoms with Crippen LogP contribution in [0, 0.1) is 0 Å². The molecule has 0 radical (unpaired) electrons. The number of fused-ring (bicyclic) bond motifs is 2. The third-order valence-electron chi connectivity index (χ3n) is 4.07. The van der Waals surface area contributed by atoms with Gasteiger partial charge in [-0.25, -0.2) is 20.6 Å². The zero-order valence-electron chi connectivity index (χ0n) is 14.4. The summed E-state index contributed by atoms with van der Waals surface area (Å²) in [5.74, 6) is 6.23. The van der Waals surface area contributed by atoms with E-state index >= 15 is 0 Å². The summed E-state index contributed by atoms with van der Waals surface area (Å²) in [6.07, 6.45) is 0. The second-order valence-electron chi connectivity index (χ2n) is 5.85. The van der Waals surface area contributed by atoms with Gasteiger partial charge >= 0.3 is 5.63 Å². The van der Waals surface area contributed by atoms with E-state index in [1.165, 1.54) is 0 Å². The first-order chi connectivity index (χ1) is 13.2. The molecule has 0 aliphatic rings. The van der Waals surface area contributed by atoms with Gasteiger partial charge in [-0.05, 0) is 31.2 Å². The van der Waals surface area contributed by atoms with E-state index in [-0.39, 0.29) is 0 Å². The Balaban J connectivity index is 1.71. The van der Waals surface area contributed by atoms with Crippen LogP contribution in [-0.4, -0.2) is 15.7 Å². The Kier molecular flexibility index (Phi) is 4.23. The first-order valence-electron chi connectivity index (χ1n) is 8.22. The molecular formula is C19H16N6O2. The number of benzene rings is 2. The quantitative estimate of drug-likeness (QED) is 0.222. The van der Waals surface area contributed by atoms with Crippen LogP contribution in [0.3, 0.4) is 0 Å². The van der Waals surface area contributed by atoms with Gasteiger partial charge in [-0.3, -0.25) is 5.43 Å². The number of hydrazone groups is 1. The molecule has 0 saturated heterocycles. The summed E-state index contributed by atoms with van der Waals surface area (Å²) in [6, 6.07) is 16.5. The average Bonchev–Trinajstić information content (AvgIpc) is 2.70. The van der Waals surface area contributed by atoms with E-state index in [1.54, 1.807) is 19.1 Å². The molecule has 2 aromatic carbocycles. The zero-order chi connectivity index (χ0) is 18.8. The van der Waals surface area contributed by atoms with Crippen LogP contribution in [0.25, 0.3) is 22.0 Å². The van der Waals surface area contributed by atoms with Crippen LogP contribution in [0.1, 0.15) is 12.5 Å². The largest absolute Gasteiger partial charge is 0.422 e. The van der Waals surface area contributed by atoms with Gasteiger partial charge in [0.15, 0.2) is 11.6 Å². The van der Waals surface area contributed by atoms with Crippen LogP contribution >= 0.6 is 0 Å². The molecule has 4 N–H and O–H groups in total. The Hall–Kier alpha value is -3.78. The normalized spacial score (nSPS) is 11.7. The summed E-state index contributed by atoms with van der Waals surface area (Å²) < 4.78 is 5.34. The molecule has 0 bridgehead atoms. The highest BCUT2D eigenvalue weighted by molar-refractivity contribution is 6.00. The van der Waals surface area contributed by atoms with E-state index < -0.39 is 5.63 Å².